The maximum Gasteiger partial charge on any atom is 0.313 e. The van der Waals surface area contributed by atoms with Crippen LogP contribution in [0.3, 0.4) is 0 Å². The molecule has 5 unspecified atom stereocenters. The number of aliphatic hydroxyl groups is 3. The van der Waals surface area contributed by atoms with Crippen LogP contribution in [0.5, 0.6) is 5.75 Å². The summed E-state index contributed by atoms with van der Waals surface area (Å²) in [7, 11) is 0. The number of hydrogen-bond acceptors (Lipinski definition) is 13. The van der Waals surface area contributed by atoms with E-state index in [4.69, 9.17) is 33.8 Å². The van der Waals surface area contributed by atoms with Crippen molar-refractivity contribution in [3.63, 3.8) is 0 Å². The predicted molar refractivity (Wildman–Crippen MR) is 168 cm³/mol. The number of aliphatic hydroxyl groups excluding tert-OH is 3. The summed E-state index contributed by atoms with van der Waals surface area (Å²) in [5, 5.41) is 38.1. The largest absolute Gasteiger partial charge is 0.420 e. The van der Waals surface area contributed by atoms with Gasteiger partial charge in [0.25, 0.3) is 0 Å². The second kappa shape index (κ2) is 26.0. The quantitative estimate of drug-likeness (QED) is 0.0200. The minimum Gasteiger partial charge on any atom is -0.420 e. The zero-order valence-electron chi connectivity index (χ0n) is 28.3. The number of ether oxygens (including phenoxy) is 7. The Kier molecular flexibility index (Phi) is 23.5. The third-order valence-corrected chi connectivity index (χ3v) is 7.24. The highest BCUT2D eigenvalue weighted by molar-refractivity contribution is 5.72. The van der Waals surface area contributed by atoms with Crippen LogP contribution < -0.4 is 10.1 Å². The Morgan fingerprint density at radius 3 is 1.90 bits per heavy atom. The SMILES string of the molecule is C=N.CCC(C)/C(=C\NCCOCCOCCOCCOCCC(=O)Oc1c(F)c(F)c(F)c(F)c1F)CCOCC1OC(O)CC(O)C1O. The van der Waals surface area contributed by atoms with Gasteiger partial charge in [-0.2, -0.15) is 8.78 Å². The molecule has 1 aliphatic rings. The highest BCUT2D eigenvalue weighted by Gasteiger charge is 2.36. The summed E-state index contributed by atoms with van der Waals surface area (Å²) >= 11 is 0. The Morgan fingerprint density at radius 2 is 1.34 bits per heavy atom. The van der Waals surface area contributed by atoms with Gasteiger partial charge in [-0.25, -0.2) is 13.2 Å². The Labute approximate surface area is 288 Å². The van der Waals surface area contributed by atoms with Gasteiger partial charge in [-0.15, -0.1) is 0 Å². The lowest BCUT2D eigenvalue weighted by Gasteiger charge is -2.34. The van der Waals surface area contributed by atoms with Gasteiger partial charge >= 0.3 is 5.97 Å². The molecule has 1 saturated heterocycles. The molecule has 50 heavy (non-hydrogen) atoms. The fourth-order valence-corrected chi connectivity index (χ4v) is 4.27. The van der Waals surface area contributed by atoms with Gasteiger partial charge in [0.1, 0.15) is 12.2 Å². The van der Waals surface area contributed by atoms with E-state index in [1.54, 1.807) is 0 Å². The van der Waals surface area contributed by atoms with E-state index < -0.39 is 71.8 Å². The van der Waals surface area contributed by atoms with E-state index in [1.807, 2.05) is 6.20 Å². The zero-order chi connectivity index (χ0) is 37.5. The fraction of sp³-hybridized carbons (Fsp3) is 0.688. The summed E-state index contributed by atoms with van der Waals surface area (Å²) in [6.07, 6.45) is -1.08. The Hall–Kier alpha value is -2.81. The number of benzene rings is 1. The molecule has 5 N–H and O–H groups in total. The Balaban J connectivity index is 0.00000613. The summed E-state index contributed by atoms with van der Waals surface area (Å²) in [5.41, 5.74) is 1.16. The van der Waals surface area contributed by atoms with Crippen molar-refractivity contribution in [1.29, 1.82) is 5.41 Å². The lowest BCUT2D eigenvalue weighted by Crippen LogP contribution is -2.50. The highest BCUT2D eigenvalue weighted by Crippen LogP contribution is 2.29. The third kappa shape index (κ3) is 16.5. The molecular formula is C32H49F5N2O11. The van der Waals surface area contributed by atoms with Gasteiger partial charge in [-0.1, -0.05) is 13.8 Å². The van der Waals surface area contributed by atoms with Gasteiger partial charge in [0, 0.05) is 13.0 Å². The molecule has 0 saturated carbocycles. The number of nitrogens with one attached hydrogen (secondary N) is 2. The predicted octanol–water partition coefficient (Wildman–Crippen LogP) is 2.77. The van der Waals surface area contributed by atoms with Gasteiger partial charge in [-0.05, 0) is 37.3 Å². The molecule has 2 rings (SSSR count). The second-order valence-electron chi connectivity index (χ2n) is 10.8. The van der Waals surface area contributed by atoms with E-state index in [0.717, 1.165) is 12.0 Å². The van der Waals surface area contributed by atoms with Crippen molar-refractivity contribution >= 4 is 12.7 Å². The minimum absolute atomic E-state index is 0.0399. The third-order valence-electron chi connectivity index (χ3n) is 7.24. The molecule has 1 aliphatic heterocycles. The lowest BCUT2D eigenvalue weighted by atomic mass is 9.97. The number of esters is 1. The number of hydrogen-bond donors (Lipinski definition) is 5. The summed E-state index contributed by atoms with van der Waals surface area (Å²) in [6.45, 7) is 9.46. The topological polar surface area (TPSA) is 178 Å². The van der Waals surface area contributed by atoms with Gasteiger partial charge in [-0.3, -0.25) is 4.79 Å². The van der Waals surface area contributed by atoms with E-state index in [0.29, 0.717) is 51.9 Å². The van der Waals surface area contributed by atoms with Crippen LogP contribution in [0.2, 0.25) is 0 Å². The highest BCUT2D eigenvalue weighted by atomic mass is 19.2. The number of carbonyl (C=O) groups excluding carboxylic acids is 1. The van der Waals surface area contributed by atoms with Gasteiger partial charge in [0.05, 0.1) is 78.6 Å². The maximum atomic E-state index is 13.6. The average molecular weight is 733 g/mol. The molecule has 18 heteroatoms. The van der Waals surface area contributed by atoms with Gasteiger partial charge in [0.2, 0.25) is 34.8 Å². The lowest BCUT2D eigenvalue weighted by molar-refractivity contribution is -0.242. The van der Waals surface area contributed by atoms with E-state index in [-0.39, 0.29) is 39.5 Å². The Morgan fingerprint density at radius 1 is 0.840 bits per heavy atom. The molecule has 0 bridgehead atoms. The van der Waals surface area contributed by atoms with Crippen LogP contribution in [0.1, 0.15) is 39.5 Å². The van der Waals surface area contributed by atoms with Crippen LogP contribution >= 0.6 is 0 Å². The summed E-state index contributed by atoms with van der Waals surface area (Å²) in [4.78, 5) is 11.7. The number of halogens is 5. The van der Waals surface area contributed by atoms with E-state index in [2.05, 4.69) is 30.6 Å². The van der Waals surface area contributed by atoms with Crippen LogP contribution in [0, 0.1) is 40.4 Å². The van der Waals surface area contributed by atoms with Gasteiger partial charge in [0.15, 0.2) is 6.29 Å². The first-order valence-corrected chi connectivity index (χ1v) is 16.1. The fourth-order valence-electron chi connectivity index (χ4n) is 4.27. The van der Waals surface area contributed by atoms with Crippen molar-refractivity contribution in [3.8, 4) is 5.75 Å². The molecule has 1 aromatic carbocycles. The van der Waals surface area contributed by atoms with Crippen LogP contribution in [0.15, 0.2) is 11.8 Å². The standard InChI is InChI=1S/C31H46F5NO11.CH3N/c1-3-19(2)20(4-7-46-18-22-30(41)21(38)16-24(40)47-22)17-37-6-9-43-11-13-45-15-14-44-12-10-42-8-5-23(39)48-31-28(35)26(33)25(32)27(34)29(31)36;1-2/h17,19,21-22,24,30,37-38,40-41H,3-16,18H2,1-2H3;2H,1H2/b20-17-;. The molecule has 288 valence electrons. The van der Waals surface area contributed by atoms with E-state index in [9.17, 15) is 42.1 Å². The Bertz CT molecular complexity index is 1130. The number of carbonyl (C=O) groups is 1. The van der Waals surface area contributed by atoms with E-state index in [1.165, 1.54) is 0 Å². The van der Waals surface area contributed by atoms with Crippen molar-refractivity contribution in [2.24, 2.45) is 5.92 Å². The summed E-state index contributed by atoms with van der Waals surface area (Å²) < 4.78 is 103. The monoisotopic (exact) mass is 732 g/mol. The van der Waals surface area contributed by atoms with Crippen molar-refractivity contribution in [2.45, 2.75) is 64.1 Å². The molecule has 13 nitrogen and oxygen atoms in total. The molecule has 0 aromatic heterocycles. The molecule has 0 radical (unpaired) electrons. The normalized spacial score (nSPS) is 19.8. The van der Waals surface area contributed by atoms with E-state index >= 15 is 0 Å². The first kappa shape index (κ1) is 45.2. The smallest absolute Gasteiger partial charge is 0.313 e. The summed E-state index contributed by atoms with van der Waals surface area (Å²) in [5.74, 6) is -13.9. The van der Waals surface area contributed by atoms with Crippen molar-refractivity contribution < 1.29 is 75.2 Å². The summed E-state index contributed by atoms with van der Waals surface area (Å²) in [6, 6.07) is 0. The first-order chi connectivity index (χ1) is 24.0. The molecule has 0 amide bonds. The first-order valence-electron chi connectivity index (χ1n) is 16.1. The van der Waals surface area contributed by atoms with Crippen LogP contribution in [-0.2, 0) is 33.2 Å². The second-order valence-corrected chi connectivity index (χ2v) is 10.8. The molecule has 0 aliphatic carbocycles. The van der Waals surface area contributed by atoms with Crippen LogP contribution in [0.4, 0.5) is 22.0 Å². The zero-order valence-corrected chi connectivity index (χ0v) is 28.3. The van der Waals surface area contributed by atoms with Crippen LogP contribution in [0.25, 0.3) is 0 Å². The molecule has 1 aromatic rings. The van der Waals surface area contributed by atoms with Crippen LogP contribution in [-0.4, -0.2) is 125 Å². The van der Waals surface area contributed by atoms with Crippen molar-refractivity contribution in [3.05, 3.63) is 40.9 Å². The maximum absolute atomic E-state index is 13.6. The molecule has 1 fully saturated rings. The number of rotatable bonds is 24. The molecule has 5 atom stereocenters. The average Bonchev–Trinajstić information content (AvgIpc) is 3.11. The van der Waals surface area contributed by atoms with Crippen molar-refractivity contribution in [2.75, 3.05) is 72.6 Å². The minimum atomic E-state index is -2.35. The van der Waals surface area contributed by atoms with Crippen molar-refractivity contribution in [1.82, 2.24) is 5.32 Å². The van der Waals surface area contributed by atoms with Gasteiger partial charge < -0.3 is 59.2 Å². The molecular weight excluding hydrogens is 683 g/mol. The molecule has 1 heterocycles. The molecule has 0 spiro atoms.